The lowest BCUT2D eigenvalue weighted by atomic mass is 9.99. The first-order chi connectivity index (χ1) is 14.9. The highest BCUT2D eigenvalue weighted by Gasteiger charge is 2.43. The van der Waals surface area contributed by atoms with Crippen molar-refractivity contribution in [3.63, 3.8) is 0 Å². The van der Waals surface area contributed by atoms with E-state index in [1.165, 1.54) is 0 Å². The molecule has 1 fully saturated rings. The quantitative estimate of drug-likeness (QED) is 0.598. The summed E-state index contributed by atoms with van der Waals surface area (Å²) < 4.78 is 1.16. The third-order valence-corrected chi connectivity index (χ3v) is 4.98. The van der Waals surface area contributed by atoms with Gasteiger partial charge in [0.1, 0.15) is 0 Å². The molecular weight excluding hydrogens is 400 g/mol. The number of benzene rings is 2. The number of aromatic nitrogens is 2. The summed E-state index contributed by atoms with van der Waals surface area (Å²) in [5.74, 6) is -3.20. The zero-order valence-electron chi connectivity index (χ0n) is 16.3. The molecule has 4 amide bonds. The van der Waals surface area contributed by atoms with Crippen LogP contribution in [0.4, 0.5) is 4.79 Å². The van der Waals surface area contributed by atoms with Gasteiger partial charge in [-0.2, -0.15) is 0 Å². The molecule has 0 aliphatic carbocycles. The number of carbonyl (C=O) groups is 3. The molecule has 9 heteroatoms. The second kappa shape index (κ2) is 8.23. The maximum absolute atomic E-state index is 13.2. The number of barbiturate groups is 1. The van der Waals surface area contributed by atoms with Crippen LogP contribution in [0.1, 0.15) is 22.7 Å². The lowest BCUT2D eigenvalue weighted by molar-refractivity contribution is -0.139. The Kier molecular flexibility index (Phi) is 5.31. The molecule has 0 saturated carbocycles. The van der Waals surface area contributed by atoms with Crippen molar-refractivity contribution in [3.8, 4) is 0 Å². The molecule has 0 radical (unpaired) electrons. The van der Waals surface area contributed by atoms with Gasteiger partial charge in [-0.3, -0.25) is 34.2 Å². The molecule has 1 unspecified atom stereocenters. The van der Waals surface area contributed by atoms with E-state index in [-0.39, 0.29) is 18.8 Å². The molecule has 2 heterocycles. The minimum atomic E-state index is -1.51. The second-order valence-corrected chi connectivity index (χ2v) is 7.07. The molecule has 1 saturated heterocycles. The smallest absolute Gasteiger partial charge is 0.292 e. The Bertz CT molecular complexity index is 1260. The first-order valence-corrected chi connectivity index (χ1v) is 9.52. The van der Waals surface area contributed by atoms with Crippen molar-refractivity contribution in [2.24, 2.45) is 0 Å². The van der Waals surface area contributed by atoms with Crippen LogP contribution >= 0.6 is 0 Å². The van der Waals surface area contributed by atoms with Gasteiger partial charge in [-0.25, -0.2) is 9.59 Å². The van der Waals surface area contributed by atoms with Gasteiger partial charge in [0, 0.05) is 6.07 Å². The predicted octanol–water partition coefficient (Wildman–Crippen LogP) is 0.947. The molecule has 31 heavy (non-hydrogen) atoms. The topological polar surface area (TPSA) is 121 Å². The van der Waals surface area contributed by atoms with E-state index in [0.717, 1.165) is 21.1 Å². The van der Waals surface area contributed by atoms with Crippen LogP contribution in [-0.2, 0) is 22.7 Å². The highest BCUT2D eigenvalue weighted by Crippen LogP contribution is 2.23. The van der Waals surface area contributed by atoms with Crippen molar-refractivity contribution in [3.05, 3.63) is 104 Å². The molecule has 3 aromatic rings. The van der Waals surface area contributed by atoms with Crippen LogP contribution < -0.4 is 16.6 Å². The summed E-state index contributed by atoms with van der Waals surface area (Å²) in [5, 5.41) is 2.16. The minimum Gasteiger partial charge on any atom is -0.292 e. The van der Waals surface area contributed by atoms with Crippen molar-refractivity contribution in [2.45, 2.75) is 19.0 Å². The largest absolute Gasteiger partial charge is 0.331 e. The van der Waals surface area contributed by atoms with Crippen LogP contribution in [0.15, 0.2) is 76.3 Å². The van der Waals surface area contributed by atoms with Gasteiger partial charge in [0.15, 0.2) is 5.92 Å². The second-order valence-electron chi connectivity index (χ2n) is 7.07. The van der Waals surface area contributed by atoms with E-state index < -0.39 is 35.0 Å². The van der Waals surface area contributed by atoms with Gasteiger partial charge in [-0.1, -0.05) is 60.7 Å². The van der Waals surface area contributed by atoms with E-state index in [9.17, 15) is 24.0 Å². The molecule has 2 N–H and O–H groups in total. The van der Waals surface area contributed by atoms with E-state index in [2.05, 4.69) is 10.3 Å². The number of rotatable bonds is 5. The Labute approximate surface area is 175 Å². The molecule has 156 valence electrons. The average molecular weight is 418 g/mol. The lowest BCUT2D eigenvalue weighted by Gasteiger charge is -2.31. The standard InChI is InChI=1S/C22H18N4O5/c27-17-11-16(25(21(30)23-17)12-14-7-3-1-4-8-14)18-19(28)24-22(31)26(20(18)29)13-15-9-5-2-6-10-15/h1-11,18H,12-13H2,(H,23,27,30)(H,24,28,31). The van der Waals surface area contributed by atoms with Crippen molar-refractivity contribution in [1.29, 1.82) is 0 Å². The molecule has 1 aromatic heterocycles. The number of urea groups is 1. The Morgan fingerprint density at radius 3 is 1.97 bits per heavy atom. The molecule has 0 bridgehead atoms. The molecule has 9 nitrogen and oxygen atoms in total. The number of hydrogen-bond donors (Lipinski definition) is 2. The summed E-state index contributed by atoms with van der Waals surface area (Å²) in [6.07, 6.45) is 0. The fraction of sp³-hybridized carbons (Fsp3) is 0.136. The van der Waals surface area contributed by atoms with Crippen LogP contribution in [0.2, 0.25) is 0 Å². The summed E-state index contributed by atoms with van der Waals surface area (Å²) >= 11 is 0. The lowest BCUT2D eigenvalue weighted by Crippen LogP contribution is -2.57. The summed E-state index contributed by atoms with van der Waals surface area (Å²) in [4.78, 5) is 65.8. The first kappa shape index (κ1) is 20.0. The van der Waals surface area contributed by atoms with E-state index in [4.69, 9.17) is 0 Å². The molecule has 0 spiro atoms. The van der Waals surface area contributed by atoms with Gasteiger partial charge in [-0.05, 0) is 11.1 Å². The van der Waals surface area contributed by atoms with Crippen molar-refractivity contribution < 1.29 is 14.4 Å². The van der Waals surface area contributed by atoms with Crippen molar-refractivity contribution in [2.75, 3.05) is 0 Å². The van der Waals surface area contributed by atoms with Gasteiger partial charge in [-0.15, -0.1) is 0 Å². The number of amides is 4. The van der Waals surface area contributed by atoms with Gasteiger partial charge >= 0.3 is 11.7 Å². The van der Waals surface area contributed by atoms with Crippen LogP contribution in [0.25, 0.3) is 0 Å². The van der Waals surface area contributed by atoms with Gasteiger partial charge < -0.3 is 0 Å². The molecule has 1 atom stereocenters. The SMILES string of the molecule is O=C1NC(=O)N(Cc2ccccc2)C(=O)C1c1cc(=O)[nH]c(=O)n1Cc1ccccc1. The number of aromatic amines is 1. The van der Waals surface area contributed by atoms with Crippen molar-refractivity contribution >= 4 is 17.8 Å². The molecule has 4 rings (SSSR count). The van der Waals surface area contributed by atoms with Crippen LogP contribution in [0, 0.1) is 0 Å². The monoisotopic (exact) mass is 418 g/mol. The number of imide groups is 2. The number of nitrogens with one attached hydrogen (secondary N) is 2. The van der Waals surface area contributed by atoms with E-state index >= 15 is 0 Å². The number of nitrogens with zero attached hydrogens (tertiary/aromatic N) is 2. The van der Waals surface area contributed by atoms with Gasteiger partial charge in [0.25, 0.3) is 5.56 Å². The highest BCUT2D eigenvalue weighted by molar-refractivity contribution is 6.19. The van der Waals surface area contributed by atoms with Crippen molar-refractivity contribution in [1.82, 2.24) is 19.8 Å². The van der Waals surface area contributed by atoms with Crippen LogP contribution in [-0.4, -0.2) is 32.3 Å². The Balaban J connectivity index is 1.76. The normalized spacial score (nSPS) is 16.3. The molecular formula is C22H18N4O5. The highest BCUT2D eigenvalue weighted by atomic mass is 16.2. The number of H-pyrrole nitrogens is 1. The predicted molar refractivity (Wildman–Crippen MR) is 110 cm³/mol. The van der Waals surface area contributed by atoms with Crippen LogP contribution in [0.3, 0.4) is 0 Å². The summed E-state index contributed by atoms with van der Waals surface area (Å²) in [6, 6.07) is 17.9. The molecule has 1 aliphatic rings. The Hall–Kier alpha value is -4.27. The van der Waals surface area contributed by atoms with E-state index in [1.807, 2.05) is 6.07 Å². The summed E-state index contributed by atoms with van der Waals surface area (Å²) in [6.45, 7) is -0.0170. The zero-order valence-corrected chi connectivity index (χ0v) is 16.3. The summed E-state index contributed by atoms with van der Waals surface area (Å²) in [7, 11) is 0. The first-order valence-electron chi connectivity index (χ1n) is 9.52. The number of carbonyl (C=O) groups excluding carboxylic acids is 3. The summed E-state index contributed by atoms with van der Waals surface area (Å²) in [5.41, 5.74) is -0.147. The van der Waals surface area contributed by atoms with Gasteiger partial charge in [0.05, 0.1) is 18.8 Å². The minimum absolute atomic E-state index is 0.0372. The van der Waals surface area contributed by atoms with E-state index in [1.54, 1.807) is 54.6 Å². The maximum Gasteiger partial charge on any atom is 0.331 e. The third-order valence-electron chi connectivity index (χ3n) is 4.98. The Morgan fingerprint density at radius 2 is 1.35 bits per heavy atom. The molecule has 1 aliphatic heterocycles. The van der Waals surface area contributed by atoms with Crippen LogP contribution in [0.5, 0.6) is 0 Å². The maximum atomic E-state index is 13.2. The molecule has 2 aromatic carbocycles. The Morgan fingerprint density at radius 1 is 0.774 bits per heavy atom. The average Bonchev–Trinajstić information content (AvgIpc) is 2.75. The fourth-order valence-electron chi connectivity index (χ4n) is 3.50. The van der Waals surface area contributed by atoms with Gasteiger partial charge in [0.2, 0.25) is 11.8 Å². The zero-order chi connectivity index (χ0) is 22.0. The van der Waals surface area contributed by atoms with E-state index in [0.29, 0.717) is 5.56 Å². The third kappa shape index (κ3) is 4.06. The fourth-order valence-corrected chi connectivity index (χ4v) is 3.50. The number of hydrogen-bond acceptors (Lipinski definition) is 5.